The first kappa shape index (κ1) is 15.6. The van der Waals surface area contributed by atoms with Gasteiger partial charge in [0, 0.05) is 15.9 Å². The van der Waals surface area contributed by atoms with E-state index >= 15 is 0 Å². The minimum absolute atomic E-state index is 0.0821. The number of halogens is 2. The van der Waals surface area contributed by atoms with Crippen molar-refractivity contribution < 1.29 is 9.53 Å². The second-order valence-electron chi connectivity index (χ2n) is 5.13. The molecule has 110 valence electrons. The highest BCUT2D eigenvalue weighted by atomic mass is 79.9. The molecule has 1 aromatic carbocycles. The highest BCUT2D eigenvalue weighted by molar-refractivity contribution is 9.09. The molecular weight excluding hydrogens is 342 g/mol. The molecule has 1 saturated carbocycles. The molecule has 3 atom stereocenters. The highest BCUT2D eigenvalue weighted by Gasteiger charge is 2.26. The minimum Gasteiger partial charge on any atom is -0.481 e. The van der Waals surface area contributed by atoms with Gasteiger partial charge >= 0.3 is 0 Å². The molecule has 1 aromatic rings. The van der Waals surface area contributed by atoms with Crippen LogP contribution < -0.4 is 10.1 Å². The largest absolute Gasteiger partial charge is 0.481 e. The monoisotopic (exact) mass is 359 g/mol. The van der Waals surface area contributed by atoms with Gasteiger partial charge in [0.25, 0.3) is 5.91 Å². The average molecular weight is 361 g/mol. The van der Waals surface area contributed by atoms with Gasteiger partial charge in [-0.3, -0.25) is 4.79 Å². The van der Waals surface area contributed by atoms with Gasteiger partial charge in [-0.05, 0) is 38.0 Å². The predicted molar refractivity (Wildman–Crippen MR) is 84.7 cm³/mol. The Morgan fingerprint density at radius 3 is 2.90 bits per heavy atom. The first-order valence-electron chi connectivity index (χ1n) is 6.93. The SMILES string of the molecule is CC(Oc1cccc(Cl)c1)C(=O)NC1CCCCC1Br. The number of alkyl halides is 1. The smallest absolute Gasteiger partial charge is 0.261 e. The summed E-state index contributed by atoms with van der Waals surface area (Å²) in [7, 11) is 0. The first-order valence-corrected chi connectivity index (χ1v) is 8.22. The molecule has 20 heavy (non-hydrogen) atoms. The van der Waals surface area contributed by atoms with Crippen LogP contribution in [0.5, 0.6) is 5.75 Å². The summed E-state index contributed by atoms with van der Waals surface area (Å²) in [4.78, 5) is 12.5. The lowest BCUT2D eigenvalue weighted by atomic mass is 9.95. The summed E-state index contributed by atoms with van der Waals surface area (Å²) in [6.07, 6.45) is 3.98. The fourth-order valence-electron chi connectivity index (χ4n) is 2.35. The number of hydrogen-bond donors (Lipinski definition) is 1. The molecule has 5 heteroatoms. The normalized spacial score (nSPS) is 23.9. The number of rotatable bonds is 4. The molecule has 3 unspecified atom stereocenters. The van der Waals surface area contributed by atoms with Gasteiger partial charge in [0.15, 0.2) is 6.10 Å². The standard InChI is InChI=1S/C15H19BrClNO2/c1-10(20-12-6-4-5-11(17)9-12)15(19)18-14-8-3-2-7-13(14)16/h4-6,9-10,13-14H,2-3,7-8H2,1H3,(H,18,19). The van der Waals surface area contributed by atoms with Gasteiger partial charge < -0.3 is 10.1 Å². The maximum atomic E-state index is 12.2. The lowest BCUT2D eigenvalue weighted by Gasteiger charge is -2.29. The van der Waals surface area contributed by atoms with E-state index in [1.165, 1.54) is 6.42 Å². The Labute approximate surface area is 133 Å². The fraction of sp³-hybridized carbons (Fsp3) is 0.533. The third kappa shape index (κ3) is 4.38. The van der Waals surface area contributed by atoms with Crippen molar-refractivity contribution in [3.8, 4) is 5.75 Å². The molecule has 2 rings (SSSR count). The van der Waals surface area contributed by atoms with E-state index in [2.05, 4.69) is 21.2 Å². The number of benzene rings is 1. The van der Waals surface area contributed by atoms with Crippen LogP contribution in [0.1, 0.15) is 32.6 Å². The van der Waals surface area contributed by atoms with E-state index < -0.39 is 6.10 Å². The van der Waals surface area contributed by atoms with Crippen molar-refractivity contribution in [3.05, 3.63) is 29.3 Å². The summed E-state index contributed by atoms with van der Waals surface area (Å²) in [5.41, 5.74) is 0. The van der Waals surface area contributed by atoms with Crippen molar-refractivity contribution in [2.45, 2.75) is 49.6 Å². The Morgan fingerprint density at radius 2 is 2.20 bits per heavy atom. The van der Waals surface area contributed by atoms with Gasteiger partial charge in [0.2, 0.25) is 0 Å². The summed E-state index contributed by atoms with van der Waals surface area (Å²) in [5, 5.41) is 3.66. The molecule has 0 aromatic heterocycles. The Balaban J connectivity index is 1.88. The molecule has 1 amide bonds. The molecule has 0 heterocycles. The molecule has 0 aliphatic heterocycles. The molecule has 1 aliphatic carbocycles. The lowest BCUT2D eigenvalue weighted by Crippen LogP contribution is -2.47. The number of hydrogen-bond acceptors (Lipinski definition) is 2. The van der Waals surface area contributed by atoms with Crippen molar-refractivity contribution in [2.24, 2.45) is 0 Å². The third-order valence-corrected chi connectivity index (χ3v) is 4.82. The molecule has 1 aliphatic rings. The van der Waals surface area contributed by atoms with Crippen molar-refractivity contribution in [3.63, 3.8) is 0 Å². The average Bonchev–Trinajstić information content (AvgIpc) is 2.41. The zero-order valence-electron chi connectivity index (χ0n) is 11.4. The van der Waals surface area contributed by atoms with Crippen LogP contribution in [0.2, 0.25) is 5.02 Å². The van der Waals surface area contributed by atoms with E-state index in [1.807, 2.05) is 0 Å². The number of carbonyl (C=O) groups excluding carboxylic acids is 1. The van der Waals surface area contributed by atoms with Crippen LogP contribution >= 0.6 is 27.5 Å². The Morgan fingerprint density at radius 1 is 1.45 bits per heavy atom. The van der Waals surface area contributed by atoms with E-state index in [4.69, 9.17) is 16.3 Å². The van der Waals surface area contributed by atoms with E-state index in [9.17, 15) is 4.79 Å². The van der Waals surface area contributed by atoms with E-state index in [0.29, 0.717) is 15.6 Å². The Hall–Kier alpha value is -0.740. The van der Waals surface area contributed by atoms with Crippen LogP contribution in [0.25, 0.3) is 0 Å². The second-order valence-corrected chi connectivity index (χ2v) is 6.75. The Bertz CT molecular complexity index is 469. The van der Waals surface area contributed by atoms with Gasteiger partial charge in [-0.2, -0.15) is 0 Å². The first-order chi connectivity index (χ1) is 9.56. The molecule has 1 N–H and O–H groups in total. The van der Waals surface area contributed by atoms with Gasteiger partial charge in [-0.25, -0.2) is 0 Å². The summed E-state index contributed by atoms with van der Waals surface area (Å²) < 4.78 is 5.62. The molecule has 0 bridgehead atoms. The zero-order chi connectivity index (χ0) is 14.5. The lowest BCUT2D eigenvalue weighted by molar-refractivity contribution is -0.128. The van der Waals surface area contributed by atoms with E-state index in [-0.39, 0.29) is 11.9 Å². The van der Waals surface area contributed by atoms with E-state index in [0.717, 1.165) is 19.3 Å². The van der Waals surface area contributed by atoms with Crippen LogP contribution in [0, 0.1) is 0 Å². The van der Waals surface area contributed by atoms with Crippen LogP contribution in [0.15, 0.2) is 24.3 Å². The van der Waals surface area contributed by atoms with Gasteiger partial charge in [-0.15, -0.1) is 0 Å². The quantitative estimate of drug-likeness (QED) is 0.826. The number of amides is 1. The third-order valence-electron chi connectivity index (χ3n) is 3.49. The molecule has 0 saturated heterocycles. The molecule has 0 spiro atoms. The van der Waals surface area contributed by atoms with Crippen molar-refractivity contribution >= 4 is 33.4 Å². The number of nitrogens with one attached hydrogen (secondary N) is 1. The number of ether oxygens (including phenoxy) is 1. The zero-order valence-corrected chi connectivity index (χ0v) is 13.8. The van der Waals surface area contributed by atoms with E-state index in [1.54, 1.807) is 31.2 Å². The maximum Gasteiger partial charge on any atom is 0.261 e. The second kappa shape index (κ2) is 7.32. The van der Waals surface area contributed by atoms with Crippen molar-refractivity contribution in [1.82, 2.24) is 5.32 Å². The molecule has 1 fully saturated rings. The molecule has 3 nitrogen and oxygen atoms in total. The van der Waals surface area contributed by atoms with Gasteiger partial charge in [0.05, 0.1) is 0 Å². The Kier molecular flexibility index (Phi) is 5.73. The summed E-state index contributed by atoms with van der Waals surface area (Å²) >= 11 is 9.53. The van der Waals surface area contributed by atoms with Crippen LogP contribution in [0.4, 0.5) is 0 Å². The summed E-state index contributed by atoms with van der Waals surface area (Å²) in [6, 6.07) is 7.28. The highest BCUT2D eigenvalue weighted by Crippen LogP contribution is 2.25. The van der Waals surface area contributed by atoms with Crippen molar-refractivity contribution in [2.75, 3.05) is 0 Å². The minimum atomic E-state index is -0.532. The topological polar surface area (TPSA) is 38.3 Å². The molecular formula is C15H19BrClNO2. The predicted octanol–water partition coefficient (Wildman–Crippen LogP) is 3.93. The summed E-state index contributed by atoms with van der Waals surface area (Å²) in [5.74, 6) is 0.528. The van der Waals surface area contributed by atoms with Gasteiger partial charge in [-0.1, -0.05) is 46.4 Å². The van der Waals surface area contributed by atoms with Gasteiger partial charge in [0.1, 0.15) is 5.75 Å². The summed E-state index contributed by atoms with van der Waals surface area (Å²) in [6.45, 7) is 1.75. The molecule has 0 radical (unpaired) electrons. The van der Waals surface area contributed by atoms with Crippen molar-refractivity contribution in [1.29, 1.82) is 0 Å². The van der Waals surface area contributed by atoms with Crippen LogP contribution in [0.3, 0.4) is 0 Å². The maximum absolute atomic E-state index is 12.2. The van der Waals surface area contributed by atoms with Crippen LogP contribution in [-0.2, 0) is 4.79 Å². The fourth-order valence-corrected chi connectivity index (χ4v) is 3.25. The number of carbonyl (C=O) groups is 1. The van der Waals surface area contributed by atoms with Crippen LogP contribution in [-0.4, -0.2) is 22.9 Å².